The number of nitrogens with two attached hydrogens (primary N) is 1. The Balaban J connectivity index is 1.77. The first-order chi connectivity index (χ1) is 9.06. The maximum atomic E-state index is 12.4. The second-order valence-corrected chi connectivity index (χ2v) is 5.95. The number of hydrogen-bond acceptors (Lipinski definition) is 3. The molecule has 4 nitrogen and oxygen atoms in total. The fourth-order valence-electron chi connectivity index (χ4n) is 3.69. The summed E-state index contributed by atoms with van der Waals surface area (Å²) in [5.74, 6) is 0.897. The number of aryl methyl sites for hydroxylation is 1. The first-order valence-corrected chi connectivity index (χ1v) is 6.92. The van der Waals surface area contributed by atoms with Gasteiger partial charge in [0.05, 0.1) is 11.6 Å². The molecule has 0 unspecified atom stereocenters. The summed E-state index contributed by atoms with van der Waals surface area (Å²) in [7, 11) is 0. The molecular weight excluding hydrogens is 240 g/mol. The minimum Gasteiger partial charge on any atom is -0.506 e. The van der Waals surface area contributed by atoms with Gasteiger partial charge in [-0.1, -0.05) is 6.07 Å². The van der Waals surface area contributed by atoms with E-state index in [1.807, 2.05) is 13.0 Å². The van der Waals surface area contributed by atoms with Crippen LogP contribution in [0.5, 0.6) is 5.75 Å². The van der Waals surface area contributed by atoms with E-state index < -0.39 is 0 Å². The molecule has 1 amide bonds. The van der Waals surface area contributed by atoms with E-state index in [4.69, 9.17) is 5.73 Å². The number of rotatable bonds is 2. The van der Waals surface area contributed by atoms with Gasteiger partial charge in [-0.05, 0) is 55.7 Å². The number of amides is 1. The van der Waals surface area contributed by atoms with Crippen LogP contribution in [0.4, 0.5) is 5.69 Å². The van der Waals surface area contributed by atoms with Gasteiger partial charge in [0, 0.05) is 6.04 Å². The van der Waals surface area contributed by atoms with E-state index in [1.165, 1.54) is 0 Å². The van der Waals surface area contributed by atoms with Crippen molar-refractivity contribution in [3.63, 3.8) is 0 Å². The van der Waals surface area contributed by atoms with Crippen molar-refractivity contribution in [2.75, 3.05) is 5.32 Å². The Morgan fingerprint density at radius 3 is 2.79 bits per heavy atom. The van der Waals surface area contributed by atoms with E-state index in [1.54, 1.807) is 12.1 Å². The Labute approximate surface area is 113 Å². The number of anilines is 1. The van der Waals surface area contributed by atoms with E-state index in [0.29, 0.717) is 17.5 Å². The molecule has 0 aliphatic heterocycles. The van der Waals surface area contributed by atoms with Crippen molar-refractivity contribution < 1.29 is 9.90 Å². The van der Waals surface area contributed by atoms with Gasteiger partial charge in [0.1, 0.15) is 5.75 Å². The highest BCUT2D eigenvalue weighted by Crippen LogP contribution is 2.48. The highest BCUT2D eigenvalue weighted by molar-refractivity contribution is 5.95. The van der Waals surface area contributed by atoms with Gasteiger partial charge in [-0.3, -0.25) is 4.79 Å². The van der Waals surface area contributed by atoms with Crippen LogP contribution < -0.4 is 11.1 Å². The van der Waals surface area contributed by atoms with Crippen molar-refractivity contribution in [1.82, 2.24) is 0 Å². The molecule has 0 aromatic heterocycles. The first-order valence-electron chi connectivity index (χ1n) is 6.92. The zero-order valence-electron chi connectivity index (χ0n) is 11.1. The molecule has 0 saturated heterocycles. The number of nitrogens with one attached hydrogen (secondary N) is 1. The molecular formula is C15H20N2O2. The second-order valence-electron chi connectivity index (χ2n) is 5.95. The van der Waals surface area contributed by atoms with Gasteiger partial charge < -0.3 is 16.2 Å². The molecule has 19 heavy (non-hydrogen) atoms. The molecule has 1 aromatic rings. The third kappa shape index (κ3) is 2.10. The fraction of sp³-hybridized carbons (Fsp3) is 0.533. The number of aromatic hydroxyl groups is 1. The number of benzene rings is 1. The lowest BCUT2D eigenvalue weighted by atomic mass is 9.84. The molecule has 2 saturated carbocycles. The Hall–Kier alpha value is -1.55. The summed E-state index contributed by atoms with van der Waals surface area (Å²) in [6.07, 6.45) is 3.35. The van der Waals surface area contributed by atoms with E-state index in [0.717, 1.165) is 24.8 Å². The average molecular weight is 260 g/mol. The van der Waals surface area contributed by atoms with Crippen LogP contribution in [0.3, 0.4) is 0 Å². The summed E-state index contributed by atoms with van der Waals surface area (Å²) in [5.41, 5.74) is 7.65. The molecule has 0 heterocycles. The predicted octanol–water partition coefficient (Wildman–Crippen LogP) is 2.01. The Morgan fingerprint density at radius 1 is 1.37 bits per heavy atom. The summed E-state index contributed by atoms with van der Waals surface area (Å²) < 4.78 is 0. The molecule has 3 rings (SSSR count). The van der Waals surface area contributed by atoms with Gasteiger partial charge in [-0.2, -0.15) is 0 Å². The maximum Gasteiger partial charge on any atom is 0.229 e. The minimum absolute atomic E-state index is 0.0225. The molecule has 4 heteroatoms. The topological polar surface area (TPSA) is 75.3 Å². The molecule has 1 aromatic carbocycles. The quantitative estimate of drug-likeness (QED) is 0.712. The smallest absolute Gasteiger partial charge is 0.229 e. The van der Waals surface area contributed by atoms with Gasteiger partial charge in [0.25, 0.3) is 0 Å². The second kappa shape index (κ2) is 4.53. The fourth-order valence-corrected chi connectivity index (χ4v) is 3.69. The van der Waals surface area contributed by atoms with E-state index >= 15 is 0 Å². The van der Waals surface area contributed by atoms with Crippen molar-refractivity contribution in [2.45, 2.75) is 32.2 Å². The number of carbonyl (C=O) groups is 1. The molecule has 0 spiro atoms. The Bertz CT molecular complexity index is 513. The van der Waals surface area contributed by atoms with Crippen LogP contribution in [-0.2, 0) is 4.79 Å². The summed E-state index contributed by atoms with van der Waals surface area (Å²) in [6.45, 7) is 1.93. The van der Waals surface area contributed by atoms with Crippen LogP contribution in [0.25, 0.3) is 0 Å². The lowest BCUT2D eigenvalue weighted by molar-refractivity contribution is -0.121. The molecule has 4 N–H and O–H groups in total. The number of phenols is 1. The van der Waals surface area contributed by atoms with Gasteiger partial charge in [-0.25, -0.2) is 0 Å². The van der Waals surface area contributed by atoms with Crippen LogP contribution in [-0.4, -0.2) is 17.1 Å². The van der Waals surface area contributed by atoms with E-state index in [9.17, 15) is 9.90 Å². The van der Waals surface area contributed by atoms with Gasteiger partial charge in [0.2, 0.25) is 5.91 Å². The normalized spacial score (nSPS) is 32.5. The van der Waals surface area contributed by atoms with Crippen molar-refractivity contribution >= 4 is 11.6 Å². The third-order valence-electron chi connectivity index (χ3n) is 4.69. The molecule has 0 radical (unpaired) electrons. The van der Waals surface area contributed by atoms with Gasteiger partial charge in [-0.15, -0.1) is 0 Å². The minimum atomic E-state index is -0.0985. The largest absolute Gasteiger partial charge is 0.506 e. The zero-order chi connectivity index (χ0) is 13.6. The summed E-state index contributed by atoms with van der Waals surface area (Å²) in [6, 6.07) is 5.18. The molecule has 2 bridgehead atoms. The lowest BCUT2D eigenvalue weighted by Crippen LogP contribution is -2.42. The zero-order valence-corrected chi connectivity index (χ0v) is 11.1. The maximum absolute atomic E-state index is 12.4. The standard InChI is InChI=1S/C15H20N2O2/c1-8-2-5-12(18)11(6-8)17-15(19)13-9-3-4-10(7-9)14(13)16/h2,5-6,9-10,13-14,18H,3-4,7,16H2,1H3,(H,17,19)/t9-,10-,13-,14-/m0/s1. The van der Waals surface area contributed by atoms with Crippen LogP contribution in [0.15, 0.2) is 18.2 Å². The van der Waals surface area contributed by atoms with Crippen molar-refractivity contribution in [3.05, 3.63) is 23.8 Å². The van der Waals surface area contributed by atoms with Crippen LogP contribution in [0, 0.1) is 24.7 Å². The van der Waals surface area contributed by atoms with Crippen molar-refractivity contribution in [1.29, 1.82) is 0 Å². The summed E-state index contributed by atoms with van der Waals surface area (Å²) in [4.78, 5) is 12.4. The number of carbonyl (C=O) groups excluding carboxylic acids is 1. The highest BCUT2D eigenvalue weighted by Gasteiger charge is 2.49. The molecule has 4 atom stereocenters. The Kier molecular flexibility index (Phi) is 2.97. The monoisotopic (exact) mass is 260 g/mol. The Morgan fingerprint density at radius 2 is 2.11 bits per heavy atom. The predicted molar refractivity (Wildman–Crippen MR) is 73.8 cm³/mol. The van der Waals surface area contributed by atoms with Crippen molar-refractivity contribution in [3.8, 4) is 5.75 Å². The number of fused-ring (bicyclic) bond motifs is 2. The SMILES string of the molecule is Cc1ccc(O)c(NC(=O)[C@H]2[C@H]3CC[C@@H](C3)[C@@H]2N)c1. The lowest BCUT2D eigenvalue weighted by Gasteiger charge is -2.27. The van der Waals surface area contributed by atoms with Gasteiger partial charge in [0.15, 0.2) is 0 Å². The third-order valence-corrected chi connectivity index (χ3v) is 4.69. The average Bonchev–Trinajstić information content (AvgIpc) is 2.94. The first kappa shape index (κ1) is 12.5. The van der Waals surface area contributed by atoms with Crippen LogP contribution in [0.1, 0.15) is 24.8 Å². The molecule has 102 valence electrons. The van der Waals surface area contributed by atoms with Crippen LogP contribution in [0.2, 0.25) is 0 Å². The molecule has 2 aliphatic carbocycles. The number of hydrogen-bond donors (Lipinski definition) is 3. The highest BCUT2D eigenvalue weighted by atomic mass is 16.3. The summed E-state index contributed by atoms with van der Waals surface area (Å²) >= 11 is 0. The van der Waals surface area contributed by atoms with E-state index in [-0.39, 0.29) is 23.6 Å². The number of phenolic OH excluding ortho intramolecular Hbond substituents is 1. The molecule has 2 fully saturated rings. The molecule has 2 aliphatic rings. The van der Waals surface area contributed by atoms with Crippen LogP contribution >= 0.6 is 0 Å². The van der Waals surface area contributed by atoms with Gasteiger partial charge >= 0.3 is 0 Å². The van der Waals surface area contributed by atoms with Crippen molar-refractivity contribution in [2.24, 2.45) is 23.5 Å². The summed E-state index contributed by atoms with van der Waals surface area (Å²) in [5, 5.41) is 12.6. The van der Waals surface area contributed by atoms with E-state index in [2.05, 4.69) is 5.32 Å².